The molecule has 1 saturated heterocycles. The van der Waals surface area contributed by atoms with Crippen LogP contribution in [0.1, 0.15) is 37.8 Å². The quantitative estimate of drug-likeness (QED) is 0.780. The van der Waals surface area contributed by atoms with Gasteiger partial charge in [-0.1, -0.05) is 13.8 Å². The van der Waals surface area contributed by atoms with E-state index in [0.29, 0.717) is 17.9 Å². The number of carboxylic acids is 1. The Morgan fingerprint density at radius 3 is 2.77 bits per heavy atom. The minimum absolute atomic E-state index is 0.0553. The third-order valence-electron chi connectivity index (χ3n) is 5.11. The molecule has 0 spiro atoms. The second kappa shape index (κ2) is 5.92. The smallest absolute Gasteiger partial charge is 0.352 e. The fourth-order valence-electron chi connectivity index (χ4n) is 4.01. The predicted octanol–water partition coefficient (Wildman–Crippen LogP) is 2.00. The van der Waals surface area contributed by atoms with Crippen LogP contribution in [0.3, 0.4) is 0 Å². The summed E-state index contributed by atoms with van der Waals surface area (Å²) < 4.78 is 1.92. The van der Waals surface area contributed by atoms with Gasteiger partial charge in [-0.15, -0.1) is 11.3 Å². The lowest BCUT2D eigenvalue weighted by Crippen LogP contribution is -2.61. The summed E-state index contributed by atoms with van der Waals surface area (Å²) in [6, 6.07) is -0.265. The number of rotatable bonds is 5. The van der Waals surface area contributed by atoms with E-state index < -0.39 is 18.0 Å². The molecule has 2 aliphatic rings. The summed E-state index contributed by atoms with van der Waals surface area (Å²) in [5.74, 6) is -1.45. The van der Waals surface area contributed by atoms with E-state index in [-0.39, 0.29) is 17.6 Å². The summed E-state index contributed by atoms with van der Waals surface area (Å²) in [6.45, 7) is 5.85. The van der Waals surface area contributed by atoms with Gasteiger partial charge in [0.2, 0.25) is 5.91 Å². The Balaban J connectivity index is 1.75. The molecule has 0 saturated carbocycles. The van der Waals surface area contributed by atoms with Crippen molar-refractivity contribution in [1.29, 1.82) is 0 Å². The van der Waals surface area contributed by atoms with Gasteiger partial charge in [-0.25, -0.2) is 9.78 Å². The number of aliphatic hydroxyl groups excluding tert-OH is 1. The Kier molecular flexibility index (Phi) is 3.92. The van der Waals surface area contributed by atoms with Gasteiger partial charge >= 0.3 is 5.97 Å². The number of β-lactam (4-membered cyclic amide) rings is 1. The van der Waals surface area contributed by atoms with Crippen molar-refractivity contribution in [2.24, 2.45) is 11.8 Å². The summed E-state index contributed by atoms with van der Waals surface area (Å²) in [5, 5.41) is 19.5. The molecule has 0 aliphatic carbocycles. The highest BCUT2D eigenvalue weighted by Gasteiger charge is 2.56. The molecular formula is C18H21N3O4S. The number of nitrogens with zero attached hydrogens (tertiary/aromatic N) is 3. The zero-order chi connectivity index (χ0) is 18.7. The molecule has 138 valence electrons. The lowest BCUT2D eigenvalue weighted by Gasteiger charge is -2.44. The number of thiazole rings is 1. The molecule has 26 heavy (non-hydrogen) atoms. The standard InChI is InChI=1S/C18H21N3O4S/c1-8(2)4-11-17-20(7-19-11)6-13(26-17)10-5-12-14(9(3)22)16(23)21(12)15(10)18(24)25/h6-9,12,14,22H,4-5H2,1-3H3,(H,24,25)/t9-,12-,14-/m1/s1. The van der Waals surface area contributed by atoms with Gasteiger partial charge in [-0.3, -0.25) is 9.20 Å². The molecule has 2 aromatic rings. The molecule has 4 rings (SSSR count). The average molecular weight is 375 g/mol. The number of carbonyl (C=O) groups excluding carboxylic acids is 1. The molecule has 0 radical (unpaired) electrons. The Hall–Kier alpha value is -2.19. The van der Waals surface area contributed by atoms with Crippen LogP contribution in [0, 0.1) is 11.8 Å². The SMILES string of the molecule is CC(C)Cc1ncn2cc(C3=C(C(=O)O)N4C(=O)[C@H]([C@@H](C)O)[C@H]4C3)sc12. The topological polar surface area (TPSA) is 95.1 Å². The van der Waals surface area contributed by atoms with Crippen LogP contribution in [-0.4, -0.2) is 48.5 Å². The van der Waals surface area contributed by atoms with E-state index in [4.69, 9.17) is 0 Å². The van der Waals surface area contributed by atoms with Crippen molar-refractivity contribution in [3.63, 3.8) is 0 Å². The van der Waals surface area contributed by atoms with Crippen molar-refractivity contribution in [3.8, 4) is 0 Å². The number of hydrogen-bond acceptors (Lipinski definition) is 5. The van der Waals surface area contributed by atoms with Crippen LogP contribution in [0.5, 0.6) is 0 Å². The fourth-order valence-corrected chi connectivity index (χ4v) is 5.14. The van der Waals surface area contributed by atoms with E-state index in [9.17, 15) is 19.8 Å². The Bertz CT molecular complexity index is 940. The molecule has 7 nitrogen and oxygen atoms in total. The maximum absolute atomic E-state index is 12.3. The van der Waals surface area contributed by atoms with Crippen molar-refractivity contribution in [2.75, 3.05) is 0 Å². The maximum atomic E-state index is 12.3. The molecule has 3 atom stereocenters. The lowest BCUT2D eigenvalue weighted by atomic mass is 9.83. The summed E-state index contributed by atoms with van der Waals surface area (Å²) >= 11 is 1.51. The van der Waals surface area contributed by atoms with E-state index in [2.05, 4.69) is 18.8 Å². The number of amides is 1. The highest BCUT2D eigenvalue weighted by molar-refractivity contribution is 7.18. The molecule has 2 aromatic heterocycles. The fraction of sp³-hybridized carbons (Fsp3) is 0.500. The van der Waals surface area contributed by atoms with Crippen LogP contribution in [-0.2, 0) is 16.0 Å². The first-order valence-corrected chi connectivity index (χ1v) is 9.54. The Morgan fingerprint density at radius 2 is 2.15 bits per heavy atom. The van der Waals surface area contributed by atoms with Gasteiger partial charge in [0.05, 0.1) is 28.6 Å². The van der Waals surface area contributed by atoms with Crippen molar-refractivity contribution in [1.82, 2.24) is 14.3 Å². The van der Waals surface area contributed by atoms with E-state index in [1.165, 1.54) is 16.2 Å². The Labute approximate surface area is 154 Å². The number of aliphatic carboxylic acids is 1. The molecule has 8 heteroatoms. The third-order valence-corrected chi connectivity index (χ3v) is 6.32. The summed E-state index contributed by atoms with van der Waals surface area (Å²) in [6.07, 6.45) is 4.18. The molecule has 2 aliphatic heterocycles. The van der Waals surface area contributed by atoms with E-state index >= 15 is 0 Å². The van der Waals surface area contributed by atoms with Crippen molar-refractivity contribution in [2.45, 2.75) is 45.8 Å². The summed E-state index contributed by atoms with van der Waals surface area (Å²) in [7, 11) is 0. The van der Waals surface area contributed by atoms with Crippen LogP contribution in [0.15, 0.2) is 18.2 Å². The van der Waals surface area contributed by atoms with E-state index in [1.54, 1.807) is 13.3 Å². The average Bonchev–Trinajstić information content (AvgIpc) is 3.18. The van der Waals surface area contributed by atoms with Gasteiger partial charge in [0.15, 0.2) is 0 Å². The van der Waals surface area contributed by atoms with Gasteiger partial charge in [-0.2, -0.15) is 0 Å². The lowest BCUT2D eigenvalue weighted by molar-refractivity contribution is -0.161. The largest absolute Gasteiger partial charge is 0.477 e. The Morgan fingerprint density at radius 1 is 1.42 bits per heavy atom. The number of fused-ring (bicyclic) bond motifs is 2. The number of hydrogen-bond donors (Lipinski definition) is 2. The van der Waals surface area contributed by atoms with Gasteiger partial charge < -0.3 is 15.1 Å². The monoisotopic (exact) mass is 375 g/mol. The number of aliphatic hydroxyl groups is 1. The normalized spacial score (nSPS) is 23.7. The van der Waals surface area contributed by atoms with Crippen LogP contribution < -0.4 is 0 Å². The molecule has 4 heterocycles. The van der Waals surface area contributed by atoms with Gasteiger partial charge in [0.25, 0.3) is 0 Å². The first kappa shape index (κ1) is 17.2. The second-order valence-corrected chi connectivity index (χ2v) is 8.51. The first-order chi connectivity index (χ1) is 12.3. The molecule has 2 N–H and O–H groups in total. The minimum atomic E-state index is -1.10. The zero-order valence-electron chi connectivity index (χ0n) is 14.8. The summed E-state index contributed by atoms with van der Waals surface area (Å²) in [5.41, 5.74) is 1.73. The predicted molar refractivity (Wildman–Crippen MR) is 96.6 cm³/mol. The summed E-state index contributed by atoms with van der Waals surface area (Å²) in [4.78, 5) is 31.8. The number of carboxylic acid groups (broad SMARTS) is 1. The highest BCUT2D eigenvalue weighted by atomic mass is 32.1. The maximum Gasteiger partial charge on any atom is 0.352 e. The highest BCUT2D eigenvalue weighted by Crippen LogP contribution is 2.48. The molecular weight excluding hydrogens is 354 g/mol. The van der Waals surface area contributed by atoms with Crippen molar-refractivity contribution >= 4 is 33.6 Å². The molecule has 1 amide bonds. The van der Waals surface area contributed by atoms with E-state index in [0.717, 1.165) is 21.8 Å². The van der Waals surface area contributed by atoms with Crippen LogP contribution >= 0.6 is 11.3 Å². The van der Waals surface area contributed by atoms with Gasteiger partial charge in [0.1, 0.15) is 16.9 Å². The van der Waals surface area contributed by atoms with Gasteiger partial charge in [-0.05, 0) is 25.7 Å². The molecule has 0 unspecified atom stereocenters. The van der Waals surface area contributed by atoms with E-state index in [1.807, 2.05) is 10.6 Å². The first-order valence-electron chi connectivity index (χ1n) is 8.73. The molecule has 1 fully saturated rings. The van der Waals surface area contributed by atoms with Gasteiger partial charge in [0, 0.05) is 11.8 Å². The van der Waals surface area contributed by atoms with Crippen LogP contribution in [0.25, 0.3) is 10.4 Å². The zero-order valence-corrected chi connectivity index (χ0v) is 15.7. The van der Waals surface area contributed by atoms with Crippen molar-refractivity contribution < 1.29 is 19.8 Å². The number of aromatic nitrogens is 2. The van der Waals surface area contributed by atoms with Crippen LogP contribution in [0.2, 0.25) is 0 Å². The number of carbonyl (C=O) groups is 2. The molecule has 0 bridgehead atoms. The minimum Gasteiger partial charge on any atom is -0.477 e. The molecule has 0 aromatic carbocycles. The number of imidazole rings is 1. The third kappa shape index (κ3) is 2.39. The van der Waals surface area contributed by atoms with Crippen LogP contribution in [0.4, 0.5) is 0 Å². The van der Waals surface area contributed by atoms with Crippen molar-refractivity contribution in [3.05, 3.63) is 28.8 Å². The second-order valence-electron chi connectivity index (χ2n) is 7.48.